The van der Waals surface area contributed by atoms with Crippen LogP contribution >= 0.6 is 0 Å². The van der Waals surface area contributed by atoms with E-state index in [4.69, 9.17) is 19.3 Å². The van der Waals surface area contributed by atoms with Gasteiger partial charge in [0.15, 0.2) is 0 Å². The van der Waals surface area contributed by atoms with Gasteiger partial charge in [-0.2, -0.15) is 5.10 Å². The second-order valence-corrected chi connectivity index (χ2v) is 9.05. The zero-order valence-corrected chi connectivity index (χ0v) is 21.7. The largest absolute Gasteiger partial charge is 0.491 e. The van der Waals surface area contributed by atoms with Crippen LogP contribution in [-0.4, -0.2) is 59.3 Å². The van der Waals surface area contributed by atoms with Gasteiger partial charge in [0.25, 0.3) is 0 Å². The first-order valence-corrected chi connectivity index (χ1v) is 12.5. The van der Waals surface area contributed by atoms with E-state index >= 15 is 0 Å². The van der Waals surface area contributed by atoms with Gasteiger partial charge in [-0.05, 0) is 36.8 Å². The normalized spacial score (nSPS) is 12.0. The predicted octanol–water partition coefficient (Wildman–Crippen LogP) is 5.08. The summed E-state index contributed by atoms with van der Waals surface area (Å²) in [5, 5.41) is 15.7. The maximum atomic E-state index is 10.8. The van der Waals surface area contributed by atoms with Crippen molar-refractivity contribution in [2.24, 2.45) is 7.05 Å². The molecule has 0 radical (unpaired) electrons. The van der Waals surface area contributed by atoms with Gasteiger partial charge in [-0.1, -0.05) is 60.7 Å². The number of methoxy groups -OCH3 is 1. The smallest absolute Gasteiger partial charge is 0.222 e. The molecule has 0 fully saturated rings. The van der Waals surface area contributed by atoms with E-state index in [0.717, 1.165) is 33.9 Å². The predicted molar refractivity (Wildman–Crippen MR) is 145 cm³/mol. The van der Waals surface area contributed by atoms with Gasteiger partial charge in [-0.25, -0.2) is 4.68 Å². The summed E-state index contributed by atoms with van der Waals surface area (Å²) >= 11 is 0. The highest BCUT2D eigenvalue weighted by molar-refractivity contribution is 5.65. The summed E-state index contributed by atoms with van der Waals surface area (Å²) < 4.78 is 19.3. The Morgan fingerprint density at radius 1 is 0.946 bits per heavy atom. The van der Waals surface area contributed by atoms with Crippen molar-refractivity contribution in [3.63, 3.8) is 0 Å². The SMILES string of the molecule is COCCN(Cc1c(-c2ccccc2)nn(C)c1Oc1cccc(C)c1)C[C@H](O)COc1ccccc1. The van der Waals surface area contributed by atoms with Gasteiger partial charge < -0.3 is 19.3 Å². The van der Waals surface area contributed by atoms with E-state index in [9.17, 15) is 5.11 Å². The van der Waals surface area contributed by atoms with Crippen LogP contribution in [0.3, 0.4) is 0 Å². The number of aliphatic hydroxyl groups is 1. The van der Waals surface area contributed by atoms with E-state index in [1.807, 2.05) is 98.9 Å². The Labute approximate surface area is 218 Å². The minimum absolute atomic E-state index is 0.193. The van der Waals surface area contributed by atoms with Crippen LogP contribution in [0.5, 0.6) is 17.4 Å². The topological polar surface area (TPSA) is 69.0 Å². The van der Waals surface area contributed by atoms with E-state index in [-0.39, 0.29) is 6.61 Å². The van der Waals surface area contributed by atoms with Crippen LogP contribution in [0.2, 0.25) is 0 Å². The molecule has 1 heterocycles. The lowest BCUT2D eigenvalue weighted by atomic mass is 10.1. The molecule has 3 aromatic carbocycles. The Hall–Kier alpha value is -3.65. The molecule has 0 saturated heterocycles. The van der Waals surface area contributed by atoms with E-state index in [1.54, 1.807) is 11.8 Å². The zero-order chi connectivity index (χ0) is 26.0. The monoisotopic (exact) mass is 501 g/mol. The van der Waals surface area contributed by atoms with Crippen molar-refractivity contribution in [3.05, 3.63) is 96.1 Å². The van der Waals surface area contributed by atoms with Crippen LogP contribution in [0.1, 0.15) is 11.1 Å². The average molecular weight is 502 g/mol. The van der Waals surface area contributed by atoms with Crippen molar-refractivity contribution in [1.29, 1.82) is 0 Å². The lowest BCUT2D eigenvalue weighted by molar-refractivity contribution is 0.0540. The third-order valence-electron chi connectivity index (χ3n) is 5.99. The summed E-state index contributed by atoms with van der Waals surface area (Å²) in [4.78, 5) is 2.15. The molecule has 0 aliphatic carbocycles. The second kappa shape index (κ2) is 13.1. The van der Waals surface area contributed by atoms with Gasteiger partial charge in [-0.15, -0.1) is 0 Å². The molecule has 0 aliphatic heterocycles. The number of aliphatic hydroxyl groups excluding tert-OH is 1. The molecule has 0 spiro atoms. The zero-order valence-electron chi connectivity index (χ0n) is 21.7. The van der Waals surface area contributed by atoms with E-state index in [2.05, 4.69) is 4.90 Å². The molecule has 7 heteroatoms. The van der Waals surface area contributed by atoms with Crippen LogP contribution in [0.25, 0.3) is 11.3 Å². The lowest BCUT2D eigenvalue weighted by Gasteiger charge is -2.25. The number of rotatable bonds is 13. The number of benzene rings is 3. The average Bonchev–Trinajstić information content (AvgIpc) is 3.21. The summed E-state index contributed by atoms with van der Waals surface area (Å²) in [6.07, 6.45) is -0.685. The number of nitrogens with zero attached hydrogens (tertiary/aromatic N) is 3. The molecule has 0 bridgehead atoms. The van der Waals surface area contributed by atoms with Gasteiger partial charge in [-0.3, -0.25) is 4.90 Å². The quantitative estimate of drug-likeness (QED) is 0.276. The van der Waals surface area contributed by atoms with Crippen molar-refractivity contribution in [2.45, 2.75) is 19.6 Å². The van der Waals surface area contributed by atoms with E-state index in [0.29, 0.717) is 32.1 Å². The van der Waals surface area contributed by atoms with Gasteiger partial charge in [0.2, 0.25) is 5.88 Å². The van der Waals surface area contributed by atoms with Crippen molar-refractivity contribution in [1.82, 2.24) is 14.7 Å². The Bertz CT molecular complexity index is 1240. The number of hydrogen-bond donors (Lipinski definition) is 1. The van der Waals surface area contributed by atoms with Crippen LogP contribution in [0.4, 0.5) is 0 Å². The van der Waals surface area contributed by atoms with Crippen molar-refractivity contribution >= 4 is 0 Å². The Morgan fingerprint density at radius 2 is 1.65 bits per heavy atom. The molecule has 0 unspecified atom stereocenters. The molecule has 1 N–H and O–H groups in total. The van der Waals surface area contributed by atoms with Gasteiger partial charge in [0.05, 0.1) is 12.2 Å². The molecule has 0 saturated carbocycles. The van der Waals surface area contributed by atoms with Crippen LogP contribution in [-0.2, 0) is 18.3 Å². The second-order valence-electron chi connectivity index (χ2n) is 9.05. The maximum absolute atomic E-state index is 10.8. The Kier molecular flexibility index (Phi) is 9.32. The number of aryl methyl sites for hydroxylation is 2. The van der Waals surface area contributed by atoms with Gasteiger partial charge >= 0.3 is 0 Å². The molecular formula is C30H35N3O4. The third kappa shape index (κ3) is 7.43. The number of para-hydroxylation sites is 1. The molecule has 4 aromatic rings. The standard InChI is InChI=1S/C30H35N3O4/c1-23-11-10-16-27(19-23)37-30-28(29(31-32(30)2)24-12-6-4-7-13-24)21-33(17-18-35-3)20-25(34)22-36-26-14-8-5-9-15-26/h4-16,19,25,34H,17-18,20-22H2,1-3H3/t25-/m0/s1. The molecular weight excluding hydrogens is 466 g/mol. The van der Waals surface area contributed by atoms with Crippen molar-refractivity contribution in [2.75, 3.05) is 33.4 Å². The highest BCUT2D eigenvalue weighted by atomic mass is 16.5. The number of ether oxygens (including phenoxy) is 3. The summed E-state index contributed by atoms with van der Waals surface area (Å²) in [5.74, 6) is 2.16. The summed E-state index contributed by atoms with van der Waals surface area (Å²) in [7, 11) is 3.57. The number of aromatic nitrogens is 2. The van der Waals surface area contributed by atoms with Crippen LogP contribution < -0.4 is 9.47 Å². The fourth-order valence-corrected chi connectivity index (χ4v) is 4.18. The van der Waals surface area contributed by atoms with Crippen LogP contribution in [0.15, 0.2) is 84.9 Å². The minimum Gasteiger partial charge on any atom is -0.491 e. The summed E-state index contributed by atoms with van der Waals surface area (Å²) in [6.45, 7) is 4.32. The summed E-state index contributed by atoms with van der Waals surface area (Å²) in [6, 6.07) is 27.6. The first kappa shape index (κ1) is 26.4. The molecule has 7 nitrogen and oxygen atoms in total. The van der Waals surface area contributed by atoms with Crippen LogP contribution in [0, 0.1) is 6.92 Å². The first-order chi connectivity index (χ1) is 18.0. The van der Waals surface area contributed by atoms with E-state index in [1.165, 1.54) is 0 Å². The molecule has 0 amide bonds. The molecule has 1 aromatic heterocycles. The third-order valence-corrected chi connectivity index (χ3v) is 5.99. The van der Waals surface area contributed by atoms with Gasteiger partial charge in [0.1, 0.15) is 29.9 Å². The highest BCUT2D eigenvalue weighted by Crippen LogP contribution is 2.34. The Balaban J connectivity index is 1.60. The van der Waals surface area contributed by atoms with Crippen molar-refractivity contribution < 1.29 is 19.3 Å². The summed E-state index contributed by atoms with van der Waals surface area (Å²) in [5.41, 5.74) is 3.92. The Morgan fingerprint density at radius 3 is 2.35 bits per heavy atom. The molecule has 4 rings (SSSR count). The van der Waals surface area contributed by atoms with Gasteiger partial charge in [0, 0.05) is 39.4 Å². The lowest BCUT2D eigenvalue weighted by Crippen LogP contribution is -2.37. The number of hydrogen-bond acceptors (Lipinski definition) is 6. The maximum Gasteiger partial charge on any atom is 0.222 e. The highest BCUT2D eigenvalue weighted by Gasteiger charge is 2.23. The van der Waals surface area contributed by atoms with Crippen molar-refractivity contribution in [3.8, 4) is 28.6 Å². The molecule has 37 heavy (non-hydrogen) atoms. The first-order valence-electron chi connectivity index (χ1n) is 12.5. The fraction of sp³-hybridized carbons (Fsp3) is 0.300. The molecule has 1 atom stereocenters. The fourth-order valence-electron chi connectivity index (χ4n) is 4.18. The molecule has 194 valence electrons. The van der Waals surface area contributed by atoms with E-state index < -0.39 is 6.10 Å². The minimum atomic E-state index is -0.685. The molecule has 0 aliphatic rings.